The summed E-state index contributed by atoms with van der Waals surface area (Å²) in [7, 11) is 0. The predicted octanol–water partition coefficient (Wildman–Crippen LogP) is 4.95. The Morgan fingerprint density at radius 2 is 1.94 bits per heavy atom. The van der Waals surface area contributed by atoms with Gasteiger partial charge in [0, 0.05) is 36.3 Å². The van der Waals surface area contributed by atoms with Crippen LogP contribution in [0.3, 0.4) is 0 Å². The highest BCUT2D eigenvalue weighted by atomic mass is 16.1. The fourth-order valence-corrected chi connectivity index (χ4v) is 4.49. The summed E-state index contributed by atoms with van der Waals surface area (Å²) in [6, 6.07) is 14.1. The zero-order chi connectivity index (χ0) is 25.2. The lowest BCUT2D eigenvalue weighted by Gasteiger charge is -2.16. The number of hydrogen-bond acceptors (Lipinski definition) is 5. The van der Waals surface area contributed by atoms with Gasteiger partial charge in [0.15, 0.2) is 5.69 Å². The summed E-state index contributed by atoms with van der Waals surface area (Å²) in [4.78, 5) is 13.5. The van der Waals surface area contributed by atoms with E-state index < -0.39 is 0 Å². The van der Waals surface area contributed by atoms with Crippen molar-refractivity contribution in [1.82, 2.24) is 24.9 Å². The van der Waals surface area contributed by atoms with Crippen LogP contribution in [0.5, 0.6) is 0 Å². The second-order valence-electron chi connectivity index (χ2n) is 9.36. The summed E-state index contributed by atoms with van der Waals surface area (Å²) in [6.07, 6.45) is 12.5. The SMILES string of the molecule is Cc1cccc(-n2nc3c4ccccc4n(CC(C=N)C/C=C/C4=CNC(C)C=C4)nc-3c2=O)c1C. The van der Waals surface area contributed by atoms with Crippen molar-refractivity contribution in [3.63, 3.8) is 0 Å². The summed E-state index contributed by atoms with van der Waals surface area (Å²) in [5, 5.41) is 21.6. The standard InChI is InChI=1S/C29H30N6O/c1-19-8-6-13-25(21(19)3)35-29(36)28-27(33-35)24-11-4-5-12-26(24)34(32-28)18-23(16-30)10-7-9-22-15-14-20(2)31-17-22/h4-9,11-17,20,23,30-31H,10,18H2,1-3H3/b9-7+,30-16?. The molecule has 3 heterocycles. The van der Waals surface area contributed by atoms with E-state index in [-0.39, 0.29) is 11.5 Å². The van der Waals surface area contributed by atoms with Crippen LogP contribution in [0.15, 0.2) is 83.3 Å². The van der Waals surface area contributed by atoms with Gasteiger partial charge in [-0.2, -0.15) is 14.9 Å². The summed E-state index contributed by atoms with van der Waals surface area (Å²) >= 11 is 0. The molecule has 0 spiro atoms. The second-order valence-corrected chi connectivity index (χ2v) is 9.36. The molecule has 0 radical (unpaired) electrons. The van der Waals surface area contributed by atoms with E-state index in [2.05, 4.69) is 36.5 Å². The molecule has 2 unspecified atom stereocenters. The molecule has 2 aromatic rings. The molecule has 0 saturated heterocycles. The van der Waals surface area contributed by atoms with E-state index in [9.17, 15) is 4.79 Å². The molecule has 0 aromatic heterocycles. The molecule has 2 atom stereocenters. The van der Waals surface area contributed by atoms with Gasteiger partial charge in [-0.25, -0.2) is 0 Å². The van der Waals surface area contributed by atoms with E-state index in [0.717, 1.165) is 33.3 Å². The molecule has 3 aliphatic rings. The smallest absolute Gasteiger partial charge is 0.301 e. The number of allylic oxidation sites excluding steroid dienone is 4. The van der Waals surface area contributed by atoms with E-state index in [1.165, 1.54) is 10.9 Å². The first-order valence-corrected chi connectivity index (χ1v) is 12.2. The number of rotatable bonds is 7. The van der Waals surface area contributed by atoms with E-state index in [0.29, 0.717) is 30.4 Å². The van der Waals surface area contributed by atoms with E-state index in [1.54, 1.807) is 0 Å². The van der Waals surface area contributed by atoms with Gasteiger partial charge in [0.2, 0.25) is 0 Å². The maximum atomic E-state index is 13.5. The number of para-hydroxylation sites is 1. The van der Waals surface area contributed by atoms with Crippen LogP contribution < -0.4 is 10.9 Å². The highest BCUT2D eigenvalue weighted by Crippen LogP contribution is 2.27. The number of fused-ring (bicyclic) bond motifs is 3. The maximum absolute atomic E-state index is 13.5. The lowest BCUT2D eigenvalue weighted by atomic mass is 10.0. The van der Waals surface area contributed by atoms with E-state index in [4.69, 9.17) is 15.6 Å². The zero-order valence-electron chi connectivity index (χ0n) is 20.8. The van der Waals surface area contributed by atoms with Gasteiger partial charge < -0.3 is 10.7 Å². The third-order valence-electron chi connectivity index (χ3n) is 6.76. The number of aromatic nitrogens is 4. The molecule has 2 aromatic carbocycles. The van der Waals surface area contributed by atoms with Gasteiger partial charge in [0.1, 0.15) is 5.69 Å². The fourth-order valence-electron chi connectivity index (χ4n) is 4.49. The molecular formula is C29H30N6O. The average molecular weight is 479 g/mol. The van der Waals surface area contributed by atoms with Crippen molar-refractivity contribution >= 4 is 17.1 Å². The lowest BCUT2D eigenvalue weighted by Crippen LogP contribution is -2.20. The molecule has 5 rings (SSSR count). The van der Waals surface area contributed by atoms with E-state index >= 15 is 0 Å². The van der Waals surface area contributed by atoms with Gasteiger partial charge >= 0.3 is 5.56 Å². The monoisotopic (exact) mass is 478 g/mol. The third kappa shape index (κ3) is 4.40. The summed E-state index contributed by atoms with van der Waals surface area (Å²) in [5.41, 5.74) is 5.58. The number of aryl methyl sites for hydroxylation is 1. The average Bonchev–Trinajstić information content (AvgIpc) is 3.22. The highest BCUT2D eigenvalue weighted by molar-refractivity contribution is 5.92. The fraction of sp³-hybridized carbons (Fsp3) is 0.241. The topological polar surface area (TPSA) is 88.6 Å². The molecule has 0 amide bonds. The molecule has 0 bridgehead atoms. The molecule has 36 heavy (non-hydrogen) atoms. The second kappa shape index (κ2) is 9.77. The van der Waals surface area contributed by atoms with Crippen LogP contribution in [0.25, 0.3) is 28.0 Å². The number of benzene rings is 2. The number of dihydropyridines is 1. The third-order valence-corrected chi connectivity index (χ3v) is 6.76. The Morgan fingerprint density at radius 1 is 1.11 bits per heavy atom. The van der Waals surface area contributed by atoms with Crippen molar-refractivity contribution in [3.05, 3.63) is 100 Å². The van der Waals surface area contributed by atoms with Crippen LogP contribution >= 0.6 is 0 Å². The van der Waals surface area contributed by atoms with Crippen LogP contribution in [0.1, 0.15) is 24.5 Å². The summed E-state index contributed by atoms with van der Waals surface area (Å²) < 4.78 is 3.31. The highest BCUT2D eigenvalue weighted by Gasteiger charge is 2.24. The van der Waals surface area contributed by atoms with Crippen LogP contribution in [-0.2, 0) is 6.54 Å². The van der Waals surface area contributed by atoms with Gasteiger partial charge in [0.25, 0.3) is 0 Å². The van der Waals surface area contributed by atoms with Gasteiger partial charge in [-0.05, 0) is 56.0 Å². The molecule has 3 aliphatic heterocycles. The first-order valence-electron chi connectivity index (χ1n) is 12.2. The van der Waals surface area contributed by atoms with Crippen LogP contribution in [0.4, 0.5) is 0 Å². The molecule has 7 nitrogen and oxygen atoms in total. The Kier molecular flexibility index (Phi) is 6.38. The first kappa shape index (κ1) is 23.5. The van der Waals surface area contributed by atoms with Gasteiger partial charge in [-0.15, -0.1) is 0 Å². The normalized spacial score (nSPS) is 16.4. The largest absolute Gasteiger partial charge is 0.384 e. The molecule has 182 valence electrons. The minimum atomic E-state index is -0.234. The Balaban J connectivity index is 1.51. The minimum absolute atomic E-state index is 0.0659. The number of hydrogen-bond donors (Lipinski definition) is 2. The summed E-state index contributed by atoms with van der Waals surface area (Å²) in [5.74, 6) is -0.0659. The Hall–Kier alpha value is -4.26. The molecule has 0 fully saturated rings. The Bertz CT molecular complexity index is 1550. The van der Waals surface area contributed by atoms with Crippen molar-refractivity contribution in [2.24, 2.45) is 5.92 Å². The molecule has 0 saturated carbocycles. The Morgan fingerprint density at radius 3 is 2.72 bits per heavy atom. The quantitative estimate of drug-likeness (QED) is 0.368. The molecule has 0 aliphatic carbocycles. The van der Waals surface area contributed by atoms with Crippen molar-refractivity contribution < 1.29 is 0 Å². The van der Waals surface area contributed by atoms with Crippen molar-refractivity contribution in [2.75, 3.05) is 0 Å². The van der Waals surface area contributed by atoms with Crippen molar-refractivity contribution in [2.45, 2.75) is 39.8 Å². The van der Waals surface area contributed by atoms with Crippen LogP contribution in [0.2, 0.25) is 0 Å². The van der Waals surface area contributed by atoms with Gasteiger partial charge in [0.05, 0.1) is 11.2 Å². The van der Waals surface area contributed by atoms with Crippen LogP contribution in [0, 0.1) is 25.2 Å². The lowest BCUT2D eigenvalue weighted by molar-refractivity contribution is 0.530. The molecule has 2 N–H and O–H groups in total. The minimum Gasteiger partial charge on any atom is -0.384 e. The van der Waals surface area contributed by atoms with E-state index in [1.807, 2.05) is 67.2 Å². The van der Waals surface area contributed by atoms with Crippen LogP contribution in [-0.4, -0.2) is 31.8 Å². The van der Waals surface area contributed by atoms with Gasteiger partial charge in [-0.1, -0.05) is 54.6 Å². The maximum Gasteiger partial charge on any atom is 0.301 e. The zero-order valence-corrected chi connectivity index (χ0v) is 20.8. The van der Waals surface area contributed by atoms with Crippen molar-refractivity contribution in [1.29, 1.82) is 5.41 Å². The first-order chi connectivity index (χ1) is 17.5. The van der Waals surface area contributed by atoms with Crippen molar-refractivity contribution in [3.8, 4) is 17.1 Å². The molecule has 7 heteroatoms. The Labute approximate surface area is 210 Å². The number of nitrogens with one attached hydrogen (secondary N) is 2. The summed E-state index contributed by atoms with van der Waals surface area (Å²) in [6.45, 7) is 6.62. The predicted molar refractivity (Wildman–Crippen MR) is 145 cm³/mol. The van der Waals surface area contributed by atoms with Gasteiger partial charge in [-0.3, -0.25) is 9.48 Å². The number of nitrogens with zero attached hydrogens (tertiary/aromatic N) is 4. The molecular weight excluding hydrogens is 448 g/mol.